The van der Waals surface area contributed by atoms with Gasteiger partial charge in [0.05, 0.1) is 5.02 Å². The van der Waals surface area contributed by atoms with Crippen LogP contribution >= 0.6 is 11.6 Å². The van der Waals surface area contributed by atoms with Gasteiger partial charge < -0.3 is 0 Å². The fourth-order valence-electron chi connectivity index (χ4n) is 1.76. The van der Waals surface area contributed by atoms with Gasteiger partial charge in [-0.15, -0.1) is 0 Å². The molecule has 1 nitrogen and oxygen atoms in total. The second kappa shape index (κ2) is 4.91. The number of halogens is 2. The van der Waals surface area contributed by atoms with E-state index in [1.165, 1.54) is 18.2 Å². The highest BCUT2D eigenvalue weighted by Gasteiger charge is 2.14. The predicted molar refractivity (Wildman–Crippen MR) is 70.8 cm³/mol. The molecule has 2 aromatic rings. The second-order valence-corrected chi connectivity index (χ2v) is 4.61. The van der Waals surface area contributed by atoms with E-state index >= 15 is 0 Å². The van der Waals surface area contributed by atoms with Gasteiger partial charge in [-0.3, -0.25) is 4.79 Å². The van der Waals surface area contributed by atoms with Crippen LogP contribution in [0.15, 0.2) is 36.4 Å². The highest BCUT2D eigenvalue weighted by atomic mass is 35.5. The lowest BCUT2D eigenvalue weighted by Gasteiger charge is -2.07. The summed E-state index contributed by atoms with van der Waals surface area (Å²) in [5, 5.41) is 0.449. The maximum Gasteiger partial charge on any atom is 0.194 e. The van der Waals surface area contributed by atoms with Gasteiger partial charge in [-0.05, 0) is 49.2 Å². The maximum absolute atomic E-state index is 13.2. The first kappa shape index (κ1) is 12.8. The summed E-state index contributed by atoms with van der Waals surface area (Å²) in [5.41, 5.74) is 2.19. The van der Waals surface area contributed by atoms with Gasteiger partial charge >= 0.3 is 0 Å². The third-order valence-electron chi connectivity index (χ3n) is 2.86. The first-order valence-corrected chi connectivity index (χ1v) is 5.94. The molecule has 0 radical (unpaired) electrons. The SMILES string of the molecule is Cc1cc(C(=O)c2cccc(C)c2Cl)ccc1F. The Morgan fingerprint density at radius 2 is 1.83 bits per heavy atom. The van der Waals surface area contributed by atoms with Crippen LogP contribution in [0.25, 0.3) is 0 Å². The van der Waals surface area contributed by atoms with Gasteiger partial charge in [0, 0.05) is 11.1 Å². The van der Waals surface area contributed by atoms with E-state index in [4.69, 9.17) is 11.6 Å². The van der Waals surface area contributed by atoms with Crippen molar-refractivity contribution in [3.8, 4) is 0 Å². The van der Waals surface area contributed by atoms with E-state index in [2.05, 4.69) is 0 Å². The van der Waals surface area contributed by atoms with Crippen LogP contribution in [-0.4, -0.2) is 5.78 Å². The fourth-order valence-corrected chi connectivity index (χ4v) is 1.98. The molecule has 0 aliphatic heterocycles. The molecule has 3 heteroatoms. The molecule has 0 fully saturated rings. The van der Waals surface area contributed by atoms with Crippen LogP contribution in [0.1, 0.15) is 27.0 Å². The molecule has 0 amide bonds. The Kier molecular flexibility index (Phi) is 3.48. The molecule has 0 N–H and O–H groups in total. The van der Waals surface area contributed by atoms with Gasteiger partial charge in [0.1, 0.15) is 5.82 Å². The van der Waals surface area contributed by atoms with E-state index in [0.717, 1.165) is 5.56 Å². The molecule has 0 spiro atoms. The third kappa shape index (κ3) is 2.29. The van der Waals surface area contributed by atoms with E-state index in [-0.39, 0.29) is 11.6 Å². The minimum Gasteiger partial charge on any atom is -0.289 e. The molecule has 0 aliphatic rings. The zero-order valence-corrected chi connectivity index (χ0v) is 10.9. The van der Waals surface area contributed by atoms with E-state index < -0.39 is 0 Å². The Morgan fingerprint density at radius 3 is 2.50 bits per heavy atom. The van der Waals surface area contributed by atoms with E-state index in [0.29, 0.717) is 21.7 Å². The predicted octanol–water partition coefficient (Wildman–Crippen LogP) is 4.33. The summed E-state index contributed by atoms with van der Waals surface area (Å²) in [7, 11) is 0. The number of ketones is 1. The van der Waals surface area contributed by atoms with Crippen molar-refractivity contribution in [3.63, 3.8) is 0 Å². The average molecular weight is 263 g/mol. The number of rotatable bonds is 2. The fraction of sp³-hybridized carbons (Fsp3) is 0.133. The lowest BCUT2D eigenvalue weighted by Crippen LogP contribution is -2.03. The smallest absolute Gasteiger partial charge is 0.194 e. The summed E-state index contributed by atoms with van der Waals surface area (Å²) in [4.78, 5) is 12.3. The van der Waals surface area contributed by atoms with Crippen LogP contribution in [0.2, 0.25) is 5.02 Å². The molecular formula is C15H12ClFO. The number of carbonyl (C=O) groups is 1. The third-order valence-corrected chi connectivity index (χ3v) is 3.36. The van der Waals surface area contributed by atoms with Crippen molar-refractivity contribution in [2.45, 2.75) is 13.8 Å². The van der Waals surface area contributed by atoms with Gasteiger partial charge in [0.25, 0.3) is 0 Å². The van der Waals surface area contributed by atoms with Crippen molar-refractivity contribution < 1.29 is 9.18 Å². The zero-order valence-electron chi connectivity index (χ0n) is 10.1. The molecule has 2 aromatic carbocycles. The topological polar surface area (TPSA) is 17.1 Å². The molecule has 0 saturated heterocycles. The standard InChI is InChI=1S/C15H12ClFO/c1-9-4-3-5-12(14(9)16)15(18)11-6-7-13(17)10(2)8-11/h3-8H,1-2H3. The largest absolute Gasteiger partial charge is 0.289 e. The summed E-state index contributed by atoms with van der Waals surface area (Å²) < 4.78 is 13.2. The number of hydrogen-bond donors (Lipinski definition) is 0. The van der Waals surface area contributed by atoms with Gasteiger partial charge in [0.15, 0.2) is 5.78 Å². The Morgan fingerprint density at radius 1 is 1.11 bits per heavy atom. The van der Waals surface area contributed by atoms with Crippen molar-refractivity contribution >= 4 is 17.4 Å². The highest BCUT2D eigenvalue weighted by Crippen LogP contribution is 2.23. The number of aryl methyl sites for hydroxylation is 2. The lowest BCUT2D eigenvalue weighted by atomic mass is 10.00. The Balaban J connectivity index is 2.48. The number of benzene rings is 2. The van der Waals surface area contributed by atoms with Crippen LogP contribution in [0, 0.1) is 19.7 Å². The van der Waals surface area contributed by atoms with E-state index in [1.807, 2.05) is 13.0 Å². The van der Waals surface area contributed by atoms with Crippen LogP contribution in [0.3, 0.4) is 0 Å². The monoisotopic (exact) mass is 262 g/mol. The van der Waals surface area contributed by atoms with Gasteiger partial charge in [0.2, 0.25) is 0 Å². The normalized spacial score (nSPS) is 10.4. The molecule has 92 valence electrons. The number of carbonyl (C=O) groups excluding carboxylic acids is 1. The maximum atomic E-state index is 13.2. The molecule has 18 heavy (non-hydrogen) atoms. The quantitative estimate of drug-likeness (QED) is 0.737. The molecule has 0 heterocycles. The highest BCUT2D eigenvalue weighted by molar-refractivity contribution is 6.35. The van der Waals surface area contributed by atoms with Crippen molar-refractivity contribution in [3.05, 3.63) is 69.5 Å². The lowest BCUT2D eigenvalue weighted by molar-refractivity contribution is 0.103. The molecule has 0 atom stereocenters. The van der Waals surface area contributed by atoms with Crippen molar-refractivity contribution in [2.24, 2.45) is 0 Å². The van der Waals surface area contributed by atoms with Crippen molar-refractivity contribution in [2.75, 3.05) is 0 Å². The van der Waals surface area contributed by atoms with Crippen LogP contribution in [-0.2, 0) is 0 Å². The summed E-state index contributed by atoms with van der Waals surface area (Å²) >= 11 is 6.11. The molecule has 0 saturated carbocycles. The van der Waals surface area contributed by atoms with Gasteiger partial charge in [-0.25, -0.2) is 4.39 Å². The summed E-state index contributed by atoms with van der Waals surface area (Å²) in [6, 6.07) is 9.61. The molecule has 0 unspecified atom stereocenters. The summed E-state index contributed by atoms with van der Waals surface area (Å²) in [6.45, 7) is 3.47. The van der Waals surface area contributed by atoms with Crippen LogP contribution < -0.4 is 0 Å². The number of hydrogen-bond acceptors (Lipinski definition) is 1. The molecular weight excluding hydrogens is 251 g/mol. The molecule has 0 aromatic heterocycles. The van der Waals surface area contributed by atoms with Crippen molar-refractivity contribution in [1.29, 1.82) is 0 Å². The summed E-state index contributed by atoms with van der Waals surface area (Å²) in [5.74, 6) is -0.506. The minimum absolute atomic E-state index is 0.188. The first-order valence-electron chi connectivity index (χ1n) is 5.56. The minimum atomic E-state index is -0.318. The van der Waals surface area contributed by atoms with Gasteiger partial charge in [-0.2, -0.15) is 0 Å². The first-order chi connectivity index (χ1) is 8.50. The Hall–Kier alpha value is -1.67. The van der Waals surface area contributed by atoms with E-state index in [1.54, 1.807) is 19.1 Å². The second-order valence-electron chi connectivity index (χ2n) is 4.23. The Labute approximate surface area is 110 Å². The Bertz CT molecular complexity index is 620. The van der Waals surface area contributed by atoms with Gasteiger partial charge in [-0.1, -0.05) is 23.7 Å². The van der Waals surface area contributed by atoms with Crippen LogP contribution in [0.5, 0.6) is 0 Å². The van der Waals surface area contributed by atoms with Crippen molar-refractivity contribution in [1.82, 2.24) is 0 Å². The summed E-state index contributed by atoms with van der Waals surface area (Å²) in [6.07, 6.45) is 0. The zero-order chi connectivity index (χ0) is 13.3. The molecule has 0 bridgehead atoms. The molecule has 0 aliphatic carbocycles. The average Bonchev–Trinajstić information content (AvgIpc) is 2.35. The van der Waals surface area contributed by atoms with E-state index in [9.17, 15) is 9.18 Å². The van der Waals surface area contributed by atoms with Crippen LogP contribution in [0.4, 0.5) is 4.39 Å². The molecule has 2 rings (SSSR count).